The number of methoxy groups -OCH3 is 1. The van der Waals surface area contributed by atoms with Crippen LogP contribution in [0.25, 0.3) is 0 Å². The highest BCUT2D eigenvalue weighted by atomic mass is 35.5. The fraction of sp³-hybridized carbons (Fsp3) is 0.261. The van der Waals surface area contributed by atoms with Crippen LogP contribution in [-0.4, -0.2) is 54.4 Å². The number of aromatic nitrogens is 1. The number of amides is 1. The van der Waals surface area contributed by atoms with Crippen LogP contribution in [0.1, 0.15) is 23.0 Å². The Morgan fingerprint density at radius 2 is 2.26 bits per heavy atom. The fourth-order valence-corrected chi connectivity index (χ4v) is 4.83. The molecular formula is C23H20ClF3N6O4S. The molecule has 1 aromatic carbocycles. The van der Waals surface area contributed by atoms with Crippen molar-refractivity contribution < 1.29 is 32.2 Å². The third-order valence-corrected chi connectivity index (χ3v) is 6.73. The van der Waals surface area contributed by atoms with Crippen molar-refractivity contribution in [2.24, 2.45) is 4.99 Å². The molecule has 0 unspecified atom stereocenters. The lowest BCUT2D eigenvalue weighted by Gasteiger charge is -2.32. The molecule has 0 radical (unpaired) electrons. The number of esters is 1. The summed E-state index contributed by atoms with van der Waals surface area (Å²) < 4.78 is 49.2. The zero-order valence-electron chi connectivity index (χ0n) is 19.6. The Hall–Kier alpha value is -3.91. The van der Waals surface area contributed by atoms with Crippen molar-refractivity contribution in [3.8, 4) is 0 Å². The first kappa shape index (κ1) is 27.1. The van der Waals surface area contributed by atoms with Crippen LogP contribution in [0.2, 0.25) is 5.02 Å². The smallest absolute Gasteiger partial charge is 0.408 e. The Morgan fingerprint density at radius 1 is 1.47 bits per heavy atom. The molecule has 2 aliphatic heterocycles. The molecule has 1 saturated heterocycles. The number of nitrogens with one attached hydrogen (secondary N) is 4. The van der Waals surface area contributed by atoms with Gasteiger partial charge in [-0.05, 0) is 18.2 Å². The number of benzene rings is 1. The summed E-state index contributed by atoms with van der Waals surface area (Å²) >= 11 is 7.62. The molecule has 4 rings (SSSR count). The number of ether oxygens (including phenoxy) is 2. The summed E-state index contributed by atoms with van der Waals surface area (Å²) in [5, 5.41) is 18.2. The van der Waals surface area contributed by atoms with Crippen LogP contribution >= 0.6 is 22.9 Å². The minimum atomic E-state index is -2.87. The summed E-state index contributed by atoms with van der Waals surface area (Å²) in [4.78, 5) is 33.7. The maximum absolute atomic E-state index is 13.9. The monoisotopic (exact) mass is 568 g/mol. The second-order valence-corrected chi connectivity index (χ2v) is 9.37. The van der Waals surface area contributed by atoms with Crippen molar-refractivity contribution in [1.82, 2.24) is 20.9 Å². The molecule has 2 aliphatic rings. The van der Waals surface area contributed by atoms with Crippen molar-refractivity contribution in [3.63, 3.8) is 0 Å². The standard InChI is InChI=1S/C23H20ClF3N6O4S/c1-36-20(34)23(10-37-22(35)33-23)9-15-16(14(28)4-5-30-21(26)27)17(12-3-2-11(25)8-13(12)24)32-18(31-15)19-29-6-7-38-19/h2-8,17,21,28,30H,9-10H2,1H3,(H,31,32)(H,33,35)/b5-4-,28-14?/t17-,23-/m0/s1. The predicted molar refractivity (Wildman–Crippen MR) is 133 cm³/mol. The molecule has 0 spiro atoms. The Bertz CT molecular complexity index is 1350. The molecule has 200 valence electrons. The van der Waals surface area contributed by atoms with Gasteiger partial charge in [-0.15, -0.1) is 11.3 Å². The third kappa shape index (κ3) is 5.65. The number of halogens is 4. The molecule has 3 heterocycles. The van der Waals surface area contributed by atoms with Gasteiger partial charge in [0.1, 0.15) is 18.5 Å². The summed E-state index contributed by atoms with van der Waals surface area (Å²) in [5.74, 6) is -1.17. The predicted octanol–water partition coefficient (Wildman–Crippen LogP) is 3.67. The van der Waals surface area contributed by atoms with E-state index in [2.05, 4.69) is 20.6 Å². The number of alkyl halides is 2. The van der Waals surface area contributed by atoms with Gasteiger partial charge in [-0.1, -0.05) is 17.7 Å². The highest BCUT2D eigenvalue weighted by Gasteiger charge is 2.49. The number of thiazole rings is 1. The molecule has 38 heavy (non-hydrogen) atoms. The Kier molecular flexibility index (Phi) is 8.02. The molecule has 0 bridgehead atoms. The van der Waals surface area contributed by atoms with Crippen LogP contribution in [-0.2, 0) is 14.3 Å². The van der Waals surface area contributed by atoms with Crippen molar-refractivity contribution in [2.45, 2.75) is 24.6 Å². The van der Waals surface area contributed by atoms with Crippen LogP contribution in [0.4, 0.5) is 18.0 Å². The van der Waals surface area contributed by atoms with Gasteiger partial charge in [0.15, 0.2) is 16.4 Å². The molecule has 1 fully saturated rings. The second kappa shape index (κ2) is 11.2. The van der Waals surface area contributed by atoms with Gasteiger partial charge in [-0.2, -0.15) is 8.78 Å². The molecule has 2 aromatic rings. The molecule has 1 amide bonds. The number of rotatable bonds is 9. The van der Waals surface area contributed by atoms with Crippen molar-refractivity contribution in [3.05, 3.63) is 74.7 Å². The first-order chi connectivity index (χ1) is 18.1. The van der Waals surface area contributed by atoms with Gasteiger partial charge < -0.3 is 30.8 Å². The third-order valence-electron chi connectivity index (χ3n) is 5.63. The van der Waals surface area contributed by atoms with Crippen molar-refractivity contribution >= 4 is 46.5 Å². The number of carbonyl (C=O) groups excluding carboxylic acids is 2. The zero-order valence-corrected chi connectivity index (χ0v) is 21.1. The summed E-state index contributed by atoms with van der Waals surface area (Å²) in [6.45, 7) is -3.25. The summed E-state index contributed by atoms with van der Waals surface area (Å²) in [7, 11) is 1.14. The minimum Gasteiger partial charge on any atom is -0.467 e. The normalized spacial score (nSPS) is 21.2. The lowest BCUT2D eigenvalue weighted by atomic mass is 9.86. The maximum atomic E-state index is 13.9. The van der Waals surface area contributed by atoms with Gasteiger partial charge in [0.05, 0.1) is 12.8 Å². The van der Waals surface area contributed by atoms with E-state index >= 15 is 0 Å². The number of alkyl carbamates (subject to hydrolysis) is 1. The maximum Gasteiger partial charge on any atom is 0.408 e. The number of hydrogen-bond acceptors (Lipinski definition) is 10. The second-order valence-electron chi connectivity index (χ2n) is 8.07. The molecule has 4 N–H and O–H groups in total. The van der Waals surface area contributed by atoms with E-state index in [4.69, 9.17) is 26.5 Å². The number of amidine groups is 1. The average Bonchev–Trinajstić information content (AvgIpc) is 3.53. The highest BCUT2D eigenvalue weighted by Crippen LogP contribution is 2.39. The fourth-order valence-electron chi connectivity index (χ4n) is 3.97. The Labute approximate surface area is 223 Å². The van der Waals surface area contributed by atoms with E-state index in [0.29, 0.717) is 10.6 Å². The van der Waals surface area contributed by atoms with E-state index in [9.17, 15) is 22.8 Å². The van der Waals surface area contributed by atoms with Crippen LogP contribution in [0.3, 0.4) is 0 Å². The quantitative estimate of drug-likeness (QED) is 0.206. The summed E-state index contributed by atoms with van der Waals surface area (Å²) in [6, 6.07) is 2.58. The molecule has 10 nitrogen and oxygen atoms in total. The van der Waals surface area contributed by atoms with Crippen LogP contribution in [0.15, 0.2) is 58.3 Å². The van der Waals surface area contributed by atoms with E-state index in [1.54, 1.807) is 16.9 Å². The first-order valence-electron chi connectivity index (χ1n) is 10.9. The topological polar surface area (TPSA) is 138 Å². The molecule has 0 aliphatic carbocycles. The summed E-state index contributed by atoms with van der Waals surface area (Å²) in [5.41, 5.74) is -1.32. The molecular weight excluding hydrogens is 549 g/mol. The van der Waals surface area contributed by atoms with Gasteiger partial charge in [-0.25, -0.2) is 19.0 Å². The number of carbonyl (C=O) groups is 2. The van der Waals surface area contributed by atoms with E-state index in [1.165, 1.54) is 17.4 Å². The first-order valence-corrected chi connectivity index (χ1v) is 12.1. The lowest BCUT2D eigenvalue weighted by Crippen LogP contribution is -2.53. The van der Waals surface area contributed by atoms with Crippen molar-refractivity contribution in [1.29, 1.82) is 5.41 Å². The van der Waals surface area contributed by atoms with Gasteiger partial charge in [0.25, 0.3) is 0 Å². The van der Waals surface area contributed by atoms with E-state index in [0.717, 1.165) is 31.5 Å². The number of cyclic esters (lactones) is 1. The highest BCUT2D eigenvalue weighted by molar-refractivity contribution is 7.11. The van der Waals surface area contributed by atoms with Crippen LogP contribution < -0.4 is 16.0 Å². The Morgan fingerprint density at radius 3 is 2.87 bits per heavy atom. The summed E-state index contributed by atoms with van der Waals surface area (Å²) in [6.07, 6.45) is 2.39. The molecule has 0 saturated carbocycles. The minimum absolute atomic E-state index is 0.00124. The lowest BCUT2D eigenvalue weighted by molar-refractivity contribution is -0.148. The van der Waals surface area contributed by atoms with Gasteiger partial charge in [0.2, 0.25) is 0 Å². The molecule has 1 aromatic heterocycles. The molecule has 15 heteroatoms. The average molecular weight is 569 g/mol. The SMILES string of the molecule is COC(=O)[C@]1(CC2=C(C(=N)/C=C\NC(F)F)[C@H](c3ccc(F)cc3Cl)N=C(c3nccs3)N2)COC(=O)N1. The van der Waals surface area contributed by atoms with Crippen LogP contribution in [0, 0.1) is 11.2 Å². The largest absolute Gasteiger partial charge is 0.467 e. The number of aliphatic imine (C=N–C) groups is 1. The van der Waals surface area contributed by atoms with E-state index in [-0.39, 0.29) is 40.9 Å². The van der Waals surface area contributed by atoms with Gasteiger partial charge in [0, 0.05) is 46.1 Å². The van der Waals surface area contributed by atoms with Crippen LogP contribution in [0.5, 0.6) is 0 Å². The van der Waals surface area contributed by atoms with Crippen molar-refractivity contribution in [2.75, 3.05) is 13.7 Å². The van der Waals surface area contributed by atoms with Gasteiger partial charge >= 0.3 is 18.6 Å². The van der Waals surface area contributed by atoms with Gasteiger partial charge in [-0.3, -0.25) is 4.99 Å². The number of allylic oxidation sites excluding steroid dienone is 1. The zero-order chi connectivity index (χ0) is 27.4. The van der Waals surface area contributed by atoms with E-state index < -0.39 is 36.0 Å². The number of hydrogen-bond donors (Lipinski definition) is 4. The number of nitrogens with zero attached hydrogens (tertiary/aromatic N) is 2. The van der Waals surface area contributed by atoms with E-state index in [1.807, 2.05) is 0 Å². The molecule has 2 atom stereocenters. The Balaban J connectivity index is 1.90.